The van der Waals surface area contributed by atoms with E-state index < -0.39 is 37.9 Å². The van der Waals surface area contributed by atoms with Crippen LogP contribution in [0.2, 0.25) is 0 Å². The third kappa shape index (κ3) is 2.95. The number of hydrogen-bond acceptors (Lipinski definition) is 7. The predicted molar refractivity (Wildman–Crippen MR) is 84.7 cm³/mol. The fourth-order valence-corrected chi connectivity index (χ4v) is 6.61. The summed E-state index contributed by atoms with van der Waals surface area (Å²) < 4.78 is 54.4. The number of hydrogen-bond donors (Lipinski definition) is 0. The molecule has 2 atom stereocenters. The van der Waals surface area contributed by atoms with Crippen LogP contribution < -0.4 is 0 Å². The second-order valence-corrected chi connectivity index (χ2v) is 10.2. The highest BCUT2D eigenvalue weighted by Gasteiger charge is 2.51. The van der Waals surface area contributed by atoms with Crippen LogP contribution in [0.1, 0.15) is 23.2 Å². The molecule has 0 bridgehead atoms. The molecule has 2 aliphatic heterocycles. The fraction of sp³-hybridized carbons (Fsp3) is 0.692. The Bertz CT molecular complexity index is 860. The van der Waals surface area contributed by atoms with E-state index in [2.05, 4.69) is 4.98 Å². The van der Waals surface area contributed by atoms with Gasteiger partial charge in [-0.05, 0) is 0 Å². The lowest BCUT2D eigenvalue weighted by Gasteiger charge is -2.42. The van der Waals surface area contributed by atoms with Crippen molar-refractivity contribution in [2.24, 2.45) is 0 Å². The summed E-state index contributed by atoms with van der Waals surface area (Å²) in [5.74, 6) is -0.494. The van der Waals surface area contributed by atoms with Crippen molar-refractivity contribution in [3.8, 4) is 0 Å². The molecule has 0 aromatic carbocycles. The summed E-state index contributed by atoms with van der Waals surface area (Å²) in [7, 11) is -6.97. The summed E-state index contributed by atoms with van der Waals surface area (Å²) in [6.07, 6.45) is 2.72. The molecule has 1 aromatic rings. The lowest BCUT2D eigenvalue weighted by atomic mass is 10.1. The zero-order chi connectivity index (χ0) is 17.7. The Kier molecular flexibility index (Phi) is 4.21. The topological polar surface area (TPSA) is 118 Å². The molecular formula is C13H19N3O6S2. The van der Waals surface area contributed by atoms with Crippen molar-refractivity contribution in [2.45, 2.75) is 25.4 Å². The van der Waals surface area contributed by atoms with E-state index in [0.29, 0.717) is 12.2 Å². The number of piperazine rings is 1. The molecule has 2 aliphatic rings. The fourth-order valence-electron chi connectivity index (χ4n) is 3.42. The van der Waals surface area contributed by atoms with Crippen molar-refractivity contribution >= 4 is 25.8 Å². The van der Waals surface area contributed by atoms with Gasteiger partial charge in [0.25, 0.3) is 5.91 Å². The standard InChI is InChI=1S/C13H19N3O6S2/c1-3-11-12(14-8-22-11)13(17)15-4-5-16(23(2,18)19)10-7-24(20,21)6-9(10)15/h8-10H,3-7H2,1-2H3/t9-,10+/m0/s1. The molecule has 1 aromatic heterocycles. The summed E-state index contributed by atoms with van der Waals surface area (Å²) in [4.78, 5) is 18.2. The monoisotopic (exact) mass is 377 g/mol. The number of oxazole rings is 1. The van der Waals surface area contributed by atoms with Gasteiger partial charge in [0.1, 0.15) is 5.76 Å². The molecule has 1 amide bonds. The molecule has 134 valence electrons. The average Bonchev–Trinajstić information content (AvgIpc) is 3.06. The molecule has 0 saturated carbocycles. The van der Waals surface area contributed by atoms with Crippen LogP contribution in [-0.2, 0) is 26.3 Å². The van der Waals surface area contributed by atoms with Crippen molar-refractivity contribution in [1.82, 2.24) is 14.2 Å². The number of nitrogens with zero attached hydrogens (tertiary/aromatic N) is 3. The first-order valence-corrected chi connectivity index (χ1v) is 11.2. The lowest BCUT2D eigenvalue weighted by Crippen LogP contribution is -2.61. The third-order valence-corrected chi connectivity index (χ3v) is 7.48. The molecular weight excluding hydrogens is 358 g/mol. The molecule has 24 heavy (non-hydrogen) atoms. The first-order chi connectivity index (χ1) is 11.1. The molecule has 11 heteroatoms. The number of sulfonamides is 1. The minimum atomic E-state index is -3.55. The zero-order valence-electron chi connectivity index (χ0n) is 13.4. The highest BCUT2D eigenvalue weighted by molar-refractivity contribution is 7.92. The first kappa shape index (κ1) is 17.4. The van der Waals surface area contributed by atoms with Gasteiger partial charge in [-0.2, -0.15) is 4.31 Å². The van der Waals surface area contributed by atoms with Crippen LogP contribution in [0.4, 0.5) is 0 Å². The van der Waals surface area contributed by atoms with Gasteiger partial charge < -0.3 is 9.32 Å². The second kappa shape index (κ2) is 5.81. The van der Waals surface area contributed by atoms with Crippen LogP contribution in [0.5, 0.6) is 0 Å². The molecule has 2 saturated heterocycles. The Morgan fingerprint density at radius 1 is 1.33 bits per heavy atom. The largest absolute Gasteiger partial charge is 0.448 e. The third-order valence-electron chi connectivity index (χ3n) is 4.48. The lowest BCUT2D eigenvalue weighted by molar-refractivity contribution is 0.0509. The van der Waals surface area contributed by atoms with Gasteiger partial charge in [-0.1, -0.05) is 6.92 Å². The van der Waals surface area contributed by atoms with Crippen molar-refractivity contribution in [3.05, 3.63) is 17.8 Å². The van der Waals surface area contributed by atoms with Crippen molar-refractivity contribution in [3.63, 3.8) is 0 Å². The van der Waals surface area contributed by atoms with Gasteiger partial charge in [0.15, 0.2) is 21.9 Å². The number of aryl methyl sites for hydroxylation is 1. The maximum absolute atomic E-state index is 12.8. The van der Waals surface area contributed by atoms with E-state index in [1.807, 2.05) is 6.92 Å². The van der Waals surface area contributed by atoms with E-state index >= 15 is 0 Å². The predicted octanol–water partition coefficient (Wildman–Crippen LogP) is -0.880. The van der Waals surface area contributed by atoms with E-state index in [1.165, 1.54) is 15.6 Å². The Balaban J connectivity index is 1.96. The second-order valence-electron chi connectivity index (χ2n) is 6.06. The molecule has 2 fully saturated rings. The number of aromatic nitrogens is 1. The van der Waals surface area contributed by atoms with E-state index in [4.69, 9.17) is 4.42 Å². The summed E-state index contributed by atoms with van der Waals surface area (Å²) in [6.45, 7) is 2.01. The Morgan fingerprint density at radius 2 is 2.00 bits per heavy atom. The van der Waals surface area contributed by atoms with E-state index in [1.54, 1.807) is 0 Å². The van der Waals surface area contributed by atoms with Crippen molar-refractivity contribution < 1.29 is 26.0 Å². The molecule has 9 nitrogen and oxygen atoms in total. The number of sulfone groups is 1. The smallest absolute Gasteiger partial charge is 0.276 e. The Morgan fingerprint density at radius 3 is 2.62 bits per heavy atom. The number of fused-ring (bicyclic) bond motifs is 1. The van der Waals surface area contributed by atoms with Crippen molar-refractivity contribution in [1.29, 1.82) is 0 Å². The molecule has 0 spiro atoms. The van der Waals surface area contributed by atoms with Gasteiger partial charge in [-0.15, -0.1) is 0 Å². The van der Waals surface area contributed by atoms with Crippen LogP contribution in [0.25, 0.3) is 0 Å². The number of carbonyl (C=O) groups is 1. The van der Waals surface area contributed by atoms with Gasteiger partial charge in [0.05, 0.1) is 29.8 Å². The highest BCUT2D eigenvalue weighted by Crippen LogP contribution is 2.30. The summed E-state index contributed by atoms with van der Waals surface area (Å²) in [5, 5.41) is 0. The minimum absolute atomic E-state index is 0.0700. The van der Waals surface area contributed by atoms with Gasteiger partial charge in [0.2, 0.25) is 10.0 Å². The van der Waals surface area contributed by atoms with Crippen molar-refractivity contribution in [2.75, 3.05) is 30.9 Å². The van der Waals surface area contributed by atoms with E-state index in [0.717, 1.165) is 6.26 Å². The summed E-state index contributed by atoms with van der Waals surface area (Å²) in [5.41, 5.74) is 0.161. The van der Waals surface area contributed by atoms with Gasteiger partial charge >= 0.3 is 0 Å². The van der Waals surface area contributed by atoms with Crippen LogP contribution in [0.15, 0.2) is 10.8 Å². The van der Waals surface area contributed by atoms with Crippen LogP contribution in [0.3, 0.4) is 0 Å². The molecule has 3 heterocycles. The van der Waals surface area contributed by atoms with E-state index in [-0.39, 0.29) is 30.3 Å². The normalized spacial score (nSPS) is 27.2. The number of rotatable bonds is 3. The quantitative estimate of drug-likeness (QED) is 0.671. The molecule has 0 radical (unpaired) electrons. The van der Waals surface area contributed by atoms with Crippen LogP contribution >= 0.6 is 0 Å². The maximum Gasteiger partial charge on any atom is 0.276 e. The zero-order valence-corrected chi connectivity index (χ0v) is 15.0. The SMILES string of the molecule is CCc1ocnc1C(=O)N1CCN(S(C)(=O)=O)[C@@H]2CS(=O)(=O)C[C@@H]21. The number of carbonyl (C=O) groups excluding carboxylic acids is 1. The van der Waals surface area contributed by atoms with Gasteiger partial charge in [0, 0.05) is 19.5 Å². The molecule has 0 N–H and O–H groups in total. The number of amides is 1. The van der Waals surface area contributed by atoms with E-state index in [9.17, 15) is 21.6 Å². The summed E-state index contributed by atoms with van der Waals surface area (Å²) in [6, 6.07) is -1.45. The molecule has 0 unspecified atom stereocenters. The van der Waals surface area contributed by atoms with Crippen LogP contribution in [0, 0.1) is 0 Å². The minimum Gasteiger partial charge on any atom is -0.448 e. The molecule has 3 rings (SSSR count). The molecule has 0 aliphatic carbocycles. The Labute approximate surface area is 140 Å². The highest BCUT2D eigenvalue weighted by atomic mass is 32.2. The van der Waals surface area contributed by atoms with Crippen LogP contribution in [-0.4, -0.2) is 79.9 Å². The average molecular weight is 377 g/mol. The summed E-state index contributed by atoms with van der Waals surface area (Å²) >= 11 is 0. The Hall–Kier alpha value is -1.46. The maximum atomic E-state index is 12.8. The first-order valence-electron chi connectivity index (χ1n) is 7.54. The van der Waals surface area contributed by atoms with Gasteiger partial charge in [-0.25, -0.2) is 21.8 Å². The van der Waals surface area contributed by atoms with Gasteiger partial charge in [-0.3, -0.25) is 4.79 Å².